The van der Waals surface area contributed by atoms with E-state index in [1.807, 2.05) is 51.1 Å². The van der Waals surface area contributed by atoms with Crippen LogP contribution in [0, 0.1) is 6.92 Å². The van der Waals surface area contributed by atoms with Crippen LogP contribution in [0.15, 0.2) is 48.5 Å². The van der Waals surface area contributed by atoms with Crippen LogP contribution >= 0.6 is 0 Å². The maximum atomic E-state index is 12.4. The minimum Gasteiger partial charge on any atom is -0.350 e. The molecule has 0 saturated carbocycles. The number of nitrogens with one attached hydrogen (secondary N) is 1. The smallest absolute Gasteiger partial charge is 0.251 e. The molecule has 0 aliphatic heterocycles. The van der Waals surface area contributed by atoms with Gasteiger partial charge in [0.05, 0.1) is 11.0 Å². The van der Waals surface area contributed by atoms with E-state index in [4.69, 9.17) is 0 Å². The van der Waals surface area contributed by atoms with Crippen LogP contribution in [0.3, 0.4) is 0 Å². The van der Waals surface area contributed by atoms with E-state index in [9.17, 15) is 4.79 Å². The summed E-state index contributed by atoms with van der Waals surface area (Å²) in [4.78, 5) is 17.0. The Balaban J connectivity index is 1.89. The van der Waals surface area contributed by atoms with E-state index < -0.39 is 0 Å². The molecular weight excluding hydrogens is 338 g/mol. The van der Waals surface area contributed by atoms with Gasteiger partial charge in [-0.05, 0) is 44.5 Å². The number of hydrogen-bond acceptors (Lipinski definition) is 4. The lowest BCUT2D eigenvalue weighted by molar-refractivity contribution is 0.0943. The summed E-state index contributed by atoms with van der Waals surface area (Å²) in [6.45, 7) is 6.54. The van der Waals surface area contributed by atoms with Crippen LogP contribution in [0.5, 0.6) is 0 Å². The average molecular weight is 359 g/mol. The zero-order valence-corrected chi connectivity index (χ0v) is 15.6. The summed E-state index contributed by atoms with van der Waals surface area (Å²) in [5.74, 6) is 0.774. The third-order valence-electron chi connectivity index (χ3n) is 4.51. The number of rotatable bonds is 4. The molecule has 0 fully saturated rings. The number of amides is 1. The summed E-state index contributed by atoms with van der Waals surface area (Å²) in [5, 5.41) is 12.4. The van der Waals surface area contributed by atoms with E-state index in [1.54, 1.807) is 6.07 Å². The molecule has 0 unspecified atom stereocenters. The fourth-order valence-corrected chi connectivity index (χ4v) is 3.25. The number of fused-ring (bicyclic) bond motifs is 3. The lowest BCUT2D eigenvalue weighted by Gasteiger charge is -2.11. The van der Waals surface area contributed by atoms with Crippen molar-refractivity contribution in [1.82, 2.24) is 25.1 Å². The van der Waals surface area contributed by atoms with Gasteiger partial charge in [0.15, 0.2) is 0 Å². The second-order valence-electron chi connectivity index (χ2n) is 6.96. The van der Waals surface area contributed by atoms with Crippen LogP contribution in [0.25, 0.3) is 22.1 Å². The zero-order valence-electron chi connectivity index (χ0n) is 15.6. The Bertz CT molecular complexity index is 1130. The lowest BCUT2D eigenvalue weighted by atomic mass is 10.1. The summed E-state index contributed by atoms with van der Waals surface area (Å²) < 4.78 is 2.13. The summed E-state index contributed by atoms with van der Waals surface area (Å²) in [7, 11) is 0. The predicted octanol–water partition coefficient (Wildman–Crippen LogP) is 3.47. The van der Waals surface area contributed by atoms with Crippen LogP contribution in [0.1, 0.15) is 35.6 Å². The normalized spacial score (nSPS) is 11.4. The number of benzene rings is 2. The highest BCUT2D eigenvalue weighted by Crippen LogP contribution is 2.25. The molecule has 2 aromatic heterocycles. The van der Waals surface area contributed by atoms with Gasteiger partial charge in [-0.1, -0.05) is 30.3 Å². The van der Waals surface area contributed by atoms with Gasteiger partial charge < -0.3 is 9.88 Å². The molecule has 1 N–H and O–H groups in total. The molecule has 6 heteroatoms. The minimum absolute atomic E-state index is 0.0784. The summed E-state index contributed by atoms with van der Waals surface area (Å²) >= 11 is 0. The van der Waals surface area contributed by atoms with Crippen molar-refractivity contribution >= 4 is 28.0 Å². The van der Waals surface area contributed by atoms with Crippen molar-refractivity contribution in [3.8, 4) is 0 Å². The largest absolute Gasteiger partial charge is 0.350 e. The van der Waals surface area contributed by atoms with Gasteiger partial charge >= 0.3 is 0 Å². The van der Waals surface area contributed by atoms with Crippen molar-refractivity contribution in [3.05, 3.63) is 65.5 Å². The Hall–Kier alpha value is -3.28. The molecule has 0 aliphatic carbocycles. The Morgan fingerprint density at radius 2 is 1.89 bits per heavy atom. The van der Waals surface area contributed by atoms with Crippen molar-refractivity contribution in [1.29, 1.82) is 0 Å². The number of carbonyl (C=O) groups excluding carboxylic acids is 1. The van der Waals surface area contributed by atoms with Gasteiger partial charge in [0.25, 0.3) is 5.91 Å². The second kappa shape index (κ2) is 6.79. The quantitative estimate of drug-likeness (QED) is 0.605. The van der Waals surface area contributed by atoms with Crippen LogP contribution in [0.2, 0.25) is 0 Å². The molecule has 2 heterocycles. The molecule has 0 saturated heterocycles. The standard InChI is InChI=1S/C21H21N5O/c1-13(2)22-21(27)16-9-10-18-17(11-16)19-20(25-24-18)23-14(3)26(19)12-15-7-5-4-6-8-15/h4-11,13H,12H2,1-3H3,(H,22,27). The van der Waals surface area contributed by atoms with Crippen molar-refractivity contribution in [3.63, 3.8) is 0 Å². The van der Waals surface area contributed by atoms with Crippen molar-refractivity contribution in [2.75, 3.05) is 0 Å². The molecule has 0 atom stereocenters. The average Bonchev–Trinajstić information content (AvgIpc) is 2.97. The van der Waals surface area contributed by atoms with E-state index in [2.05, 4.69) is 37.2 Å². The molecule has 4 rings (SSSR count). The number of aromatic nitrogens is 4. The SMILES string of the molecule is Cc1nc2nnc3ccc(C(=O)NC(C)C)cc3c2n1Cc1ccccc1. The van der Waals surface area contributed by atoms with E-state index in [1.165, 1.54) is 5.56 Å². The number of carbonyl (C=O) groups is 1. The molecule has 0 bridgehead atoms. The van der Waals surface area contributed by atoms with Crippen LogP contribution < -0.4 is 5.32 Å². The molecule has 27 heavy (non-hydrogen) atoms. The lowest BCUT2D eigenvalue weighted by Crippen LogP contribution is -2.30. The Kier molecular flexibility index (Phi) is 4.32. The number of imidazole rings is 1. The van der Waals surface area contributed by atoms with Gasteiger partial charge in [0, 0.05) is 23.5 Å². The van der Waals surface area contributed by atoms with Gasteiger partial charge in [-0.25, -0.2) is 4.98 Å². The molecule has 0 spiro atoms. The highest BCUT2D eigenvalue weighted by molar-refractivity contribution is 6.05. The first kappa shape index (κ1) is 17.1. The van der Waals surface area contributed by atoms with E-state index in [0.717, 1.165) is 22.2 Å². The topological polar surface area (TPSA) is 72.7 Å². The molecule has 136 valence electrons. The zero-order chi connectivity index (χ0) is 19.0. The fourth-order valence-electron chi connectivity index (χ4n) is 3.25. The van der Waals surface area contributed by atoms with Gasteiger partial charge in [-0.15, -0.1) is 10.2 Å². The molecule has 6 nitrogen and oxygen atoms in total. The molecule has 2 aromatic carbocycles. The maximum Gasteiger partial charge on any atom is 0.251 e. The highest BCUT2D eigenvalue weighted by Gasteiger charge is 2.16. The second-order valence-corrected chi connectivity index (χ2v) is 6.96. The fraction of sp³-hybridized carbons (Fsp3) is 0.238. The molecule has 0 aliphatic rings. The summed E-state index contributed by atoms with van der Waals surface area (Å²) in [5.41, 5.74) is 4.03. The monoisotopic (exact) mass is 359 g/mol. The van der Waals surface area contributed by atoms with Gasteiger partial charge in [0.1, 0.15) is 5.82 Å². The van der Waals surface area contributed by atoms with Crippen LogP contribution in [-0.2, 0) is 6.54 Å². The first-order valence-electron chi connectivity index (χ1n) is 9.01. The van der Waals surface area contributed by atoms with Gasteiger partial charge in [0.2, 0.25) is 5.65 Å². The molecular formula is C21H21N5O. The first-order chi connectivity index (χ1) is 13.0. The number of aryl methyl sites for hydroxylation is 1. The molecule has 1 amide bonds. The Morgan fingerprint density at radius 1 is 1.11 bits per heavy atom. The van der Waals surface area contributed by atoms with E-state index >= 15 is 0 Å². The van der Waals surface area contributed by atoms with E-state index in [0.29, 0.717) is 17.8 Å². The number of nitrogens with zero attached hydrogens (tertiary/aromatic N) is 4. The van der Waals surface area contributed by atoms with Gasteiger partial charge in [-0.3, -0.25) is 4.79 Å². The van der Waals surface area contributed by atoms with Crippen LogP contribution in [0.4, 0.5) is 0 Å². The highest BCUT2D eigenvalue weighted by atomic mass is 16.1. The Labute approximate surface area is 157 Å². The minimum atomic E-state index is -0.0947. The molecule has 4 aromatic rings. The van der Waals surface area contributed by atoms with Gasteiger partial charge in [-0.2, -0.15) is 0 Å². The van der Waals surface area contributed by atoms with Crippen molar-refractivity contribution < 1.29 is 4.79 Å². The van der Waals surface area contributed by atoms with Crippen molar-refractivity contribution in [2.24, 2.45) is 0 Å². The third kappa shape index (κ3) is 3.26. The third-order valence-corrected chi connectivity index (χ3v) is 4.51. The van der Waals surface area contributed by atoms with Crippen molar-refractivity contribution in [2.45, 2.75) is 33.4 Å². The van der Waals surface area contributed by atoms with E-state index in [-0.39, 0.29) is 11.9 Å². The Morgan fingerprint density at radius 3 is 2.63 bits per heavy atom. The summed E-state index contributed by atoms with van der Waals surface area (Å²) in [6, 6.07) is 15.8. The molecule has 0 radical (unpaired) electrons. The van der Waals surface area contributed by atoms with Crippen LogP contribution in [-0.4, -0.2) is 31.7 Å². The summed E-state index contributed by atoms with van der Waals surface area (Å²) in [6.07, 6.45) is 0. The predicted molar refractivity (Wildman–Crippen MR) is 106 cm³/mol. The number of hydrogen-bond donors (Lipinski definition) is 1. The first-order valence-corrected chi connectivity index (χ1v) is 9.01. The maximum absolute atomic E-state index is 12.4.